The fourth-order valence-corrected chi connectivity index (χ4v) is 4.52. The molecule has 0 bridgehead atoms. The number of nitrogens with one attached hydrogen (secondary N) is 3. The second-order valence-electron chi connectivity index (χ2n) is 9.62. The summed E-state index contributed by atoms with van der Waals surface area (Å²) in [5.74, 6) is -2.36. The molecular weight excluding hydrogens is 450 g/mol. The van der Waals surface area contributed by atoms with Crippen molar-refractivity contribution in [2.24, 2.45) is 11.7 Å². The fourth-order valence-electron chi connectivity index (χ4n) is 4.52. The number of rotatable bonds is 10. The van der Waals surface area contributed by atoms with Gasteiger partial charge in [0.05, 0.1) is 6.04 Å². The van der Waals surface area contributed by atoms with E-state index in [0.717, 1.165) is 16.5 Å². The minimum absolute atomic E-state index is 0.0846. The van der Waals surface area contributed by atoms with Crippen molar-refractivity contribution in [1.82, 2.24) is 20.5 Å². The number of H-pyrrole nitrogens is 1. The summed E-state index contributed by atoms with van der Waals surface area (Å²) in [6.07, 6.45) is 3.47. The zero-order valence-electron chi connectivity index (χ0n) is 20.4. The number of hydrogen-bond donors (Lipinski definition) is 5. The van der Waals surface area contributed by atoms with Crippen molar-refractivity contribution in [3.05, 3.63) is 36.0 Å². The molecule has 10 heteroatoms. The number of para-hydroxylation sites is 1. The first kappa shape index (κ1) is 26.2. The molecule has 0 radical (unpaired) electrons. The second-order valence-corrected chi connectivity index (χ2v) is 9.62. The van der Waals surface area contributed by atoms with Gasteiger partial charge in [0.25, 0.3) is 0 Å². The lowest BCUT2D eigenvalue weighted by Crippen LogP contribution is -2.56. The van der Waals surface area contributed by atoms with Crippen LogP contribution in [-0.4, -0.2) is 69.4 Å². The number of benzene rings is 1. The van der Waals surface area contributed by atoms with Crippen molar-refractivity contribution in [2.45, 2.75) is 70.6 Å². The van der Waals surface area contributed by atoms with Gasteiger partial charge in [-0.2, -0.15) is 0 Å². The lowest BCUT2D eigenvalue weighted by atomic mass is 10.0. The van der Waals surface area contributed by atoms with Gasteiger partial charge < -0.3 is 31.4 Å². The first-order valence-electron chi connectivity index (χ1n) is 12.0. The van der Waals surface area contributed by atoms with E-state index in [1.165, 1.54) is 4.90 Å². The van der Waals surface area contributed by atoms with Gasteiger partial charge in [-0.15, -0.1) is 0 Å². The molecule has 10 nitrogen and oxygen atoms in total. The summed E-state index contributed by atoms with van der Waals surface area (Å²) in [6.45, 7) is 5.67. The largest absolute Gasteiger partial charge is 0.480 e. The van der Waals surface area contributed by atoms with Gasteiger partial charge in [0.1, 0.15) is 18.1 Å². The molecule has 1 saturated heterocycles. The predicted molar refractivity (Wildman–Crippen MR) is 131 cm³/mol. The highest BCUT2D eigenvalue weighted by Gasteiger charge is 2.38. The van der Waals surface area contributed by atoms with Gasteiger partial charge in [-0.3, -0.25) is 14.4 Å². The summed E-state index contributed by atoms with van der Waals surface area (Å²) in [7, 11) is 0. The van der Waals surface area contributed by atoms with Gasteiger partial charge in [0, 0.05) is 23.6 Å². The first-order chi connectivity index (χ1) is 16.6. The Balaban J connectivity index is 1.58. The number of hydrogen-bond acceptors (Lipinski definition) is 5. The van der Waals surface area contributed by atoms with E-state index in [1.54, 1.807) is 6.92 Å². The summed E-state index contributed by atoms with van der Waals surface area (Å²) >= 11 is 0. The summed E-state index contributed by atoms with van der Waals surface area (Å²) < 4.78 is 0. The van der Waals surface area contributed by atoms with Crippen LogP contribution in [0.5, 0.6) is 0 Å². The van der Waals surface area contributed by atoms with Crippen molar-refractivity contribution in [1.29, 1.82) is 0 Å². The molecule has 0 aliphatic carbocycles. The van der Waals surface area contributed by atoms with Crippen LogP contribution in [0.3, 0.4) is 0 Å². The van der Waals surface area contributed by atoms with E-state index in [2.05, 4.69) is 15.6 Å². The maximum atomic E-state index is 13.1. The average molecular weight is 486 g/mol. The molecule has 1 aliphatic rings. The number of carbonyl (C=O) groups excluding carboxylic acids is 3. The molecule has 6 N–H and O–H groups in total. The molecule has 1 fully saturated rings. The van der Waals surface area contributed by atoms with Gasteiger partial charge in [0.2, 0.25) is 17.7 Å². The normalized spacial score (nSPS) is 18.3. The minimum Gasteiger partial charge on any atom is -0.480 e. The van der Waals surface area contributed by atoms with Crippen LogP contribution in [0.4, 0.5) is 0 Å². The molecule has 35 heavy (non-hydrogen) atoms. The highest BCUT2D eigenvalue weighted by Crippen LogP contribution is 2.20. The number of likely N-dealkylation sites (tertiary alicyclic amines) is 1. The number of aromatic nitrogens is 1. The number of aliphatic carboxylic acids is 1. The average Bonchev–Trinajstić information content (AvgIpc) is 3.45. The Kier molecular flexibility index (Phi) is 8.50. The Morgan fingerprint density at radius 1 is 1.17 bits per heavy atom. The Morgan fingerprint density at radius 3 is 2.57 bits per heavy atom. The zero-order chi connectivity index (χ0) is 25.7. The highest BCUT2D eigenvalue weighted by atomic mass is 16.4. The molecule has 2 heterocycles. The monoisotopic (exact) mass is 485 g/mol. The maximum Gasteiger partial charge on any atom is 0.326 e. The van der Waals surface area contributed by atoms with E-state index < -0.39 is 47.9 Å². The molecule has 1 aromatic carbocycles. The number of nitrogens with two attached hydrogens (primary N) is 1. The molecule has 1 aliphatic heterocycles. The minimum atomic E-state index is -1.10. The number of aromatic amines is 1. The SMILES string of the molecule is CC(C)CC(NC(=O)C1CCCN1C(=O)C(C)NC(=O)C(N)Cc1c[nH]c2ccccc12)C(=O)O. The van der Waals surface area contributed by atoms with E-state index in [0.29, 0.717) is 32.2 Å². The summed E-state index contributed by atoms with van der Waals surface area (Å²) in [6, 6.07) is 4.21. The summed E-state index contributed by atoms with van der Waals surface area (Å²) in [5, 5.41) is 15.7. The number of carboxylic acid groups (broad SMARTS) is 1. The Bertz CT molecular complexity index is 1080. The van der Waals surface area contributed by atoms with E-state index in [9.17, 15) is 24.3 Å². The molecule has 0 spiro atoms. The van der Waals surface area contributed by atoms with E-state index in [-0.39, 0.29) is 5.92 Å². The van der Waals surface area contributed by atoms with Crippen molar-refractivity contribution in [2.75, 3.05) is 6.54 Å². The molecule has 0 saturated carbocycles. The first-order valence-corrected chi connectivity index (χ1v) is 12.0. The van der Waals surface area contributed by atoms with Crippen LogP contribution in [0, 0.1) is 5.92 Å². The van der Waals surface area contributed by atoms with Crippen LogP contribution in [0.15, 0.2) is 30.5 Å². The van der Waals surface area contributed by atoms with Crippen LogP contribution in [-0.2, 0) is 25.6 Å². The van der Waals surface area contributed by atoms with Crippen LogP contribution < -0.4 is 16.4 Å². The number of carboxylic acids is 1. The molecule has 1 aromatic heterocycles. The molecule has 3 rings (SSSR count). The summed E-state index contributed by atoms with van der Waals surface area (Å²) in [4.78, 5) is 54.7. The Labute approximate surface area is 204 Å². The van der Waals surface area contributed by atoms with Crippen LogP contribution in [0.2, 0.25) is 0 Å². The topological polar surface area (TPSA) is 158 Å². The molecule has 190 valence electrons. The van der Waals surface area contributed by atoms with Crippen LogP contribution in [0.25, 0.3) is 10.9 Å². The number of amides is 3. The molecule has 4 atom stereocenters. The van der Waals surface area contributed by atoms with Crippen molar-refractivity contribution in [3.8, 4) is 0 Å². The quantitative estimate of drug-likeness (QED) is 0.340. The fraction of sp³-hybridized carbons (Fsp3) is 0.520. The second kappa shape index (κ2) is 11.4. The van der Waals surface area contributed by atoms with Gasteiger partial charge in [-0.25, -0.2) is 4.79 Å². The van der Waals surface area contributed by atoms with E-state index in [1.807, 2.05) is 44.3 Å². The third-order valence-electron chi connectivity index (χ3n) is 6.34. The number of carbonyl (C=O) groups is 4. The van der Waals surface area contributed by atoms with Crippen molar-refractivity contribution < 1.29 is 24.3 Å². The molecule has 4 unspecified atom stereocenters. The third kappa shape index (κ3) is 6.39. The van der Waals surface area contributed by atoms with E-state index in [4.69, 9.17) is 5.73 Å². The lowest BCUT2D eigenvalue weighted by molar-refractivity contribution is -0.145. The smallest absolute Gasteiger partial charge is 0.326 e. The maximum absolute atomic E-state index is 13.1. The van der Waals surface area contributed by atoms with Gasteiger partial charge in [0.15, 0.2) is 0 Å². The summed E-state index contributed by atoms with van der Waals surface area (Å²) in [5.41, 5.74) is 7.99. The van der Waals surface area contributed by atoms with Crippen molar-refractivity contribution >= 4 is 34.6 Å². The van der Waals surface area contributed by atoms with Crippen LogP contribution >= 0.6 is 0 Å². The Hall–Kier alpha value is -3.40. The van der Waals surface area contributed by atoms with Gasteiger partial charge in [-0.05, 0) is 50.2 Å². The van der Waals surface area contributed by atoms with Gasteiger partial charge >= 0.3 is 5.97 Å². The molecule has 3 amide bonds. The standard InChI is InChI=1S/C25H35N5O5/c1-14(2)11-20(25(34)35)29-23(32)21-9-6-10-30(21)24(33)15(3)28-22(31)18(26)12-16-13-27-19-8-5-4-7-17(16)19/h4-5,7-8,13-15,18,20-21,27H,6,9-12,26H2,1-3H3,(H,28,31)(H,29,32)(H,34,35). The van der Waals surface area contributed by atoms with Crippen molar-refractivity contribution in [3.63, 3.8) is 0 Å². The third-order valence-corrected chi connectivity index (χ3v) is 6.34. The Morgan fingerprint density at radius 2 is 1.89 bits per heavy atom. The van der Waals surface area contributed by atoms with Crippen LogP contribution in [0.1, 0.15) is 45.6 Å². The van der Waals surface area contributed by atoms with E-state index >= 15 is 0 Å². The zero-order valence-corrected chi connectivity index (χ0v) is 20.4. The number of nitrogens with zero attached hydrogens (tertiary/aromatic N) is 1. The highest BCUT2D eigenvalue weighted by molar-refractivity contribution is 5.94. The molecular formula is C25H35N5O5. The lowest BCUT2D eigenvalue weighted by Gasteiger charge is -2.28. The predicted octanol–water partition coefficient (Wildman–Crippen LogP) is 1.15. The van der Waals surface area contributed by atoms with Gasteiger partial charge in [-0.1, -0.05) is 32.0 Å². The number of fused-ring (bicyclic) bond motifs is 1. The molecule has 2 aromatic rings.